The van der Waals surface area contributed by atoms with E-state index in [4.69, 9.17) is 0 Å². The van der Waals surface area contributed by atoms with Gasteiger partial charge in [0, 0.05) is 30.6 Å². The van der Waals surface area contributed by atoms with Gasteiger partial charge in [0.25, 0.3) is 0 Å². The smallest absolute Gasteiger partial charge is 0.223 e. The lowest BCUT2D eigenvalue weighted by atomic mass is 10.0. The van der Waals surface area contributed by atoms with Crippen LogP contribution in [0.25, 0.3) is 22.4 Å². The quantitative estimate of drug-likeness (QED) is 0.746. The lowest BCUT2D eigenvalue weighted by molar-refractivity contribution is -0.114. The number of carbonyl (C=O) groups is 1. The number of rotatable bonds is 5. The standard InChI is InChI=1S/C18H18N4OS/c1-12(23)21-18-22-17(11-24-18)15-5-3-4-13(8-15)14-6-7-20-16(9-14)10-19-2/h3-9,11,19H,10H2,1-2H3,(H,21,22,23). The Labute approximate surface area is 144 Å². The summed E-state index contributed by atoms with van der Waals surface area (Å²) < 4.78 is 0. The summed E-state index contributed by atoms with van der Waals surface area (Å²) in [4.78, 5) is 19.9. The summed E-state index contributed by atoms with van der Waals surface area (Å²) in [7, 11) is 1.91. The van der Waals surface area contributed by atoms with Crippen LogP contribution < -0.4 is 10.6 Å². The summed E-state index contributed by atoms with van der Waals surface area (Å²) in [5.41, 5.74) is 5.11. The highest BCUT2D eigenvalue weighted by molar-refractivity contribution is 7.14. The third-order valence-electron chi connectivity index (χ3n) is 3.45. The van der Waals surface area contributed by atoms with E-state index in [1.54, 1.807) is 0 Å². The third kappa shape index (κ3) is 3.84. The molecule has 0 saturated carbocycles. The zero-order valence-corrected chi connectivity index (χ0v) is 14.4. The maximum atomic E-state index is 11.1. The van der Waals surface area contributed by atoms with Crippen molar-refractivity contribution in [2.24, 2.45) is 0 Å². The van der Waals surface area contributed by atoms with Crippen LogP contribution in [0, 0.1) is 0 Å². The SMILES string of the molecule is CNCc1cc(-c2cccc(-c3csc(NC(C)=O)n3)c2)ccn1. The van der Waals surface area contributed by atoms with Gasteiger partial charge in [0.15, 0.2) is 5.13 Å². The minimum Gasteiger partial charge on any atom is -0.314 e. The summed E-state index contributed by atoms with van der Waals surface area (Å²) >= 11 is 1.42. The Morgan fingerprint density at radius 3 is 2.75 bits per heavy atom. The molecule has 0 unspecified atom stereocenters. The van der Waals surface area contributed by atoms with E-state index < -0.39 is 0 Å². The summed E-state index contributed by atoms with van der Waals surface area (Å²) in [5, 5.41) is 8.39. The number of benzene rings is 1. The molecule has 1 aromatic carbocycles. The molecule has 0 aliphatic heterocycles. The second-order valence-electron chi connectivity index (χ2n) is 5.37. The molecule has 3 aromatic rings. The molecule has 0 aliphatic carbocycles. The molecule has 0 saturated heterocycles. The predicted octanol–water partition coefficient (Wildman–Crippen LogP) is 3.55. The van der Waals surface area contributed by atoms with E-state index in [-0.39, 0.29) is 5.91 Å². The first kappa shape index (κ1) is 16.3. The Kier molecular flexibility index (Phi) is 4.98. The van der Waals surface area contributed by atoms with Crippen molar-refractivity contribution in [2.45, 2.75) is 13.5 Å². The minimum absolute atomic E-state index is 0.113. The Morgan fingerprint density at radius 1 is 1.17 bits per heavy atom. The lowest BCUT2D eigenvalue weighted by Crippen LogP contribution is -2.06. The predicted molar refractivity (Wildman–Crippen MR) is 97.8 cm³/mol. The number of anilines is 1. The van der Waals surface area contributed by atoms with Gasteiger partial charge in [-0.15, -0.1) is 11.3 Å². The van der Waals surface area contributed by atoms with Crippen LogP contribution in [0.5, 0.6) is 0 Å². The summed E-state index contributed by atoms with van der Waals surface area (Å²) in [6, 6.07) is 12.3. The molecular formula is C18H18N4OS. The van der Waals surface area contributed by atoms with Gasteiger partial charge >= 0.3 is 0 Å². The van der Waals surface area contributed by atoms with Crippen LogP contribution in [-0.2, 0) is 11.3 Å². The number of nitrogens with one attached hydrogen (secondary N) is 2. The van der Waals surface area contributed by atoms with E-state index in [2.05, 4.69) is 38.8 Å². The molecule has 5 nitrogen and oxygen atoms in total. The fourth-order valence-electron chi connectivity index (χ4n) is 2.41. The van der Waals surface area contributed by atoms with Crippen molar-refractivity contribution in [3.05, 3.63) is 53.7 Å². The minimum atomic E-state index is -0.113. The molecule has 2 heterocycles. The highest BCUT2D eigenvalue weighted by Gasteiger charge is 2.07. The monoisotopic (exact) mass is 338 g/mol. The van der Waals surface area contributed by atoms with Crippen molar-refractivity contribution in [3.63, 3.8) is 0 Å². The summed E-state index contributed by atoms with van der Waals surface area (Å²) in [6.45, 7) is 2.22. The largest absolute Gasteiger partial charge is 0.314 e. The highest BCUT2D eigenvalue weighted by atomic mass is 32.1. The Morgan fingerprint density at radius 2 is 1.96 bits per heavy atom. The maximum Gasteiger partial charge on any atom is 0.223 e. The van der Waals surface area contributed by atoms with Crippen molar-refractivity contribution in [1.29, 1.82) is 0 Å². The molecule has 0 fully saturated rings. The van der Waals surface area contributed by atoms with Crippen LogP contribution in [0.3, 0.4) is 0 Å². The van der Waals surface area contributed by atoms with Crippen molar-refractivity contribution >= 4 is 22.4 Å². The van der Waals surface area contributed by atoms with Gasteiger partial charge in [-0.25, -0.2) is 4.98 Å². The highest BCUT2D eigenvalue weighted by Crippen LogP contribution is 2.29. The molecular weight excluding hydrogens is 320 g/mol. The van der Waals surface area contributed by atoms with Gasteiger partial charge in [0.1, 0.15) is 0 Å². The van der Waals surface area contributed by atoms with Gasteiger partial charge in [-0.2, -0.15) is 0 Å². The van der Waals surface area contributed by atoms with Crippen molar-refractivity contribution in [2.75, 3.05) is 12.4 Å². The normalized spacial score (nSPS) is 10.6. The molecule has 2 aromatic heterocycles. The molecule has 0 spiro atoms. The zero-order valence-electron chi connectivity index (χ0n) is 13.5. The molecule has 0 radical (unpaired) electrons. The molecule has 3 rings (SSSR count). The first-order valence-electron chi connectivity index (χ1n) is 7.59. The fraction of sp³-hybridized carbons (Fsp3) is 0.167. The van der Waals surface area contributed by atoms with E-state index in [0.29, 0.717) is 5.13 Å². The molecule has 0 aliphatic rings. The van der Waals surface area contributed by atoms with Gasteiger partial charge in [-0.05, 0) is 36.4 Å². The molecule has 6 heteroatoms. The first-order chi connectivity index (χ1) is 11.7. The van der Waals surface area contributed by atoms with E-state index in [9.17, 15) is 4.79 Å². The number of amides is 1. The molecule has 24 heavy (non-hydrogen) atoms. The van der Waals surface area contributed by atoms with Crippen LogP contribution in [-0.4, -0.2) is 22.9 Å². The average molecular weight is 338 g/mol. The second kappa shape index (κ2) is 7.33. The number of hydrogen-bond acceptors (Lipinski definition) is 5. The molecule has 0 bridgehead atoms. The van der Waals surface area contributed by atoms with E-state index in [1.807, 2.05) is 36.8 Å². The van der Waals surface area contributed by atoms with Crippen LogP contribution in [0.4, 0.5) is 5.13 Å². The Balaban J connectivity index is 1.90. The second-order valence-corrected chi connectivity index (χ2v) is 6.22. The molecule has 122 valence electrons. The lowest BCUT2D eigenvalue weighted by Gasteiger charge is -2.06. The number of thiazole rings is 1. The van der Waals surface area contributed by atoms with E-state index in [1.165, 1.54) is 18.3 Å². The average Bonchev–Trinajstić information content (AvgIpc) is 3.03. The van der Waals surface area contributed by atoms with Gasteiger partial charge < -0.3 is 10.6 Å². The van der Waals surface area contributed by atoms with Gasteiger partial charge in [-0.1, -0.05) is 18.2 Å². The van der Waals surface area contributed by atoms with Crippen LogP contribution in [0.15, 0.2) is 48.0 Å². The third-order valence-corrected chi connectivity index (χ3v) is 4.21. The van der Waals surface area contributed by atoms with Gasteiger partial charge in [-0.3, -0.25) is 9.78 Å². The van der Waals surface area contributed by atoms with Crippen molar-refractivity contribution in [3.8, 4) is 22.4 Å². The Hall–Kier alpha value is -2.57. The number of carbonyl (C=O) groups excluding carboxylic acids is 1. The van der Waals surface area contributed by atoms with E-state index >= 15 is 0 Å². The number of aromatic nitrogens is 2. The van der Waals surface area contributed by atoms with Crippen LogP contribution >= 0.6 is 11.3 Å². The first-order valence-corrected chi connectivity index (χ1v) is 8.47. The van der Waals surface area contributed by atoms with Gasteiger partial charge in [0.05, 0.1) is 11.4 Å². The summed E-state index contributed by atoms with van der Waals surface area (Å²) in [5.74, 6) is -0.113. The number of pyridine rings is 1. The number of nitrogens with zero attached hydrogens (tertiary/aromatic N) is 2. The topological polar surface area (TPSA) is 66.9 Å². The Bertz CT molecular complexity index is 859. The van der Waals surface area contributed by atoms with Crippen molar-refractivity contribution < 1.29 is 4.79 Å². The molecule has 1 amide bonds. The van der Waals surface area contributed by atoms with E-state index in [0.717, 1.165) is 34.6 Å². The summed E-state index contributed by atoms with van der Waals surface area (Å²) in [6.07, 6.45) is 1.83. The molecule has 0 atom stereocenters. The maximum absolute atomic E-state index is 11.1. The van der Waals surface area contributed by atoms with Crippen molar-refractivity contribution in [1.82, 2.24) is 15.3 Å². The molecule has 2 N–H and O–H groups in total. The fourth-order valence-corrected chi connectivity index (χ4v) is 3.17. The number of hydrogen-bond donors (Lipinski definition) is 2. The zero-order chi connectivity index (χ0) is 16.9. The van der Waals surface area contributed by atoms with Gasteiger partial charge in [0.2, 0.25) is 5.91 Å². The van der Waals surface area contributed by atoms with Crippen LogP contribution in [0.1, 0.15) is 12.6 Å². The van der Waals surface area contributed by atoms with Crippen LogP contribution in [0.2, 0.25) is 0 Å².